The van der Waals surface area contributed by atoms with Crippen molar-refractivity contribution in [3.8, 4) is 17.6 Å². The molecule has 8 nitrogen and oxygen atoms in total. The Kier molecular flexibility index (Phi) is 4.48. The summed E-state index contributed by atoms with van der Waals surface area (Å²) in [7, 11) is 1.90. The van der Waals surface area contributed by atoms with Crippen molar-refractivity contribution in [2.45, 2.75) is 12.3 Å². The number of hydrogen-bond donors (Lipinski definition) is 4. The zero-order valence-corrected chi connectivity index (χ0v) is 14.4. The van der Waals surface area contributed by atoms with E-state index >= 15 is 0 Å². The van der Waals surface area contributed by atoms with Gasteiger partial charge in [-0.05, 0) is 36.4 Å². The van der Waals surface area contributed by atoms with Gasteiger partial charge < -0.3 is 9.84 Å². The minimum Gasteiger partial charge on any atom is -0.480 e. The Bertz CT molecular complexity index is 1050. The van der Waals surface area contributed by atoms with E-state index in [4.69, 9.17) is 9.84 Å². The zero-order valence-electron chi connectivity index (χ0n) is 14.4. The second-order valence-corrected chi connectivity index (χ2v) is 6.05. The van der Waals surface area contributed by atoms with Gasteiger partial charge in [-0.25, -0.2) is 10.9 Å². The summed E-state index contributed by atoms with van der Waals surface area (Å²) in [6.45, 7) is 0. The molecular formula is C19H17N5O3. The van der Waals surface area contributed by atoms with Crippen molar-refractivity contribution in [2.75, 3.05) is 0 Å². The van der Waals surface area contributed by atoms with Crippen LogP contribution in [0.15, 0.2) is 48.7 Å². The van der Waals surface area contributed by atoms with Crippen LogP contribution in [0.3, 0.4) is 0 Å². The maximum absolute atomic E-state index is 11.1. The third kappa shape index (κ3) is 3.47. The lowest BCUT2D eigenvalue weighted by Crippen LogP contribution is -2.44. The van der Waals surface area contributed by atoms with Gasteiger partial charge in [-0.2, -0.15) is 10.6 Å². The Morgan fingerprint density at radius 3 is 2.78 bits per heavy atom. The van der Waals surface area contributed by atoms with Crippen LogP contribution in [-0.4, -0.2) is 33.1 Å². The molecule has 0 spiro atoms. The fraction of sp³-hybridized carbons (Fsp3) is 0.158. The van der Waals surface area contributed by atoms with Crippen LogP contribution < -0.4 is 21.1 Å². The van der Waals surface area contributed by atoms with Crippen molar-refractivity contribution in [2.24, 2.45) is 7.05 Å². The maximum atomic E-state index is 11.1. The number of hydrogen-bond acceptors (Lipinski definition) is 6. The molecule has 1 aliphatic rings. The molecule has 0 bridgehead atoms. The van der Waals surface area contributed by atoms with Gasteiger partial charge in [0.2, 0.25) is 0 Å². The van der Waals surface area contributed by atoms with Gasteiger partial charge in [-0.3, -0.25) is 9.48 Å². The lowest BCUT2D eigenvalue weighted by molar-refractivity contribution is -0.141. The number of rotatable bonds is 3. The second-order valence-electron chi connectivity index (χ2n) is 6.05. The van der Waals surface area contributed by atoms with Crippen LogP contribution in [0.5, 0.6) is 5.75 Å². The third-order valence-electron chi connectivity index (χ3n) is 4.26. The highest BCUT2D eigenvalue weighted by molar-refractivity contribution is 5.85. The molecule has 2 aromatic carbocycles. The second kappa shape index (κ2) is 7.09. The number of fused-ring (bicyclic) bond motifs is 1. The fourth-order valence-electron chi connectivity index (χ4n) is 2.83. The van der Waals surface area contributed by atoms with E-state index in [1.807, 2.05) is 48.3 Å². The first-order valence-corrected chi connectivity index (χ1v) is 8.30. The molecule has 0 radical (unpaired) electrons. The van der Waals surface area contributed by atoms with E-state index in [0.29, 0.717) is 5.75 Å². The highest BCUT2D eigenvalue weighted by Crippen LogP contribution is 2.18. The molecule has 0 saturated carbocycles. The van der Waals surface area contributed by atoms with Crippen LogP contribution in [0.25, 0.3) is 10.9 Å². The first-order valence-electron chi connectivity index (χ1n) is 8.30. The van der Waals surface area contributed by atoms with E-state index in [1.165, 1.54) is 0 Å². The van der Waals surface area contributed by atoms with Gasteiger partial charge in [0.1, 0.15) is 5.75 Å². The van der Waals surface area contributed by atoms with E-state index in [-0.39, 0.29) is 0 Å². The number of aryl methyl sites for hydroxylation is 1. The highest BCUT2D eigenvalue weighted by Gasteiger charge is 2.34. The Labute approximate surface area is 155 Å². The quantitative estimate of drug-likeness (QED) is 0.510. The number of aliphatic carboxylic acids is 1. The molecule has 0 aliphatic carbocycles. The van der Waals surface area contributed by atoms with Gasteiger partial charge in [0.05, 0.1) is 11.7 Å². The predicted molar refractivity (Wildman–Crippen MR) is 98.4 cm³/mol. The molecule has 1 aliphatic heterocycles. The Hall–Kier alpha value is -3.38. The number of ether oxygens (including phenoxy) is 1. The fourth-order valence-corrected chi connectivity index (χ4v) is 2.83. The summed E-state index contributed by atoms with van der Waals surface area (Å²) in [5.74, 6) is 5.85. The minimum atomic E-state index is -1.01. The molecule has 2 atom stereocenters. The van der Waals surface area contributed by atoms with Crippen LogP contribution in [-0.2, 0) is 11.8 Å². The third-order valence-corrected chi connectivity index (χ3v) is 4.26. The summed E-state index contributed by atoms with van der Waals surface area (Å²) in [5, 5.41) is 14.4. The van der Waals surface area contributed by atoms with Crippen molar-refractivity contribution < 1.29 is 14.6 Å². The molecule has 3 aromatic rings. The summed E-state index contributed by atoms with van der Waals surface area (Å²) in [4.78, 5) is 11.1. The molecule has 1 fully saturated rings. The molecule has 1 saturated heterocycles. The van der Waals surface area contributed by atoms with Gasteiger partial charge >= 0.3 is 5.97 Å². The van der Waals surface area contributed by atoms with Gasteiger partial charge in [0, 0.05) is 23.6 Å². The lowest BCUT2D eigenvalue weighted by Gasteiger charge is -2.16. The topological polar surface area (TPSA) is 100 Å². The number of aromatic nitrogens is 2. The summed E-state index contributed by atoms with van der Waals surface area (Å²) < 4.78 is 7.47. The van der Waals surface area contributed by atoms with Crippen LogP contribution in [0.2, 0.25) is 0 Å². The Morgan fingerprint density at radius 1 is 1.19 bits per heavy atom. The molecule has 1 aromatic heterocycles. The molecular weight excluding hydrogens is 346 g/mol. The standard InChI is InChI=1S/C19H17N5O3/c1-24-16-4-2-3-13(15(16)11-20-24)8-5-12-6-9-14(10-7-12)27-18-17(19(25)26)21-23-22-18/h2-4,6-7,9-11,17-18,21-23H,1H3,(H,25,26). The van der Waals surface area contributed by atoms with Gasteiger partial charge in [0.15, 0.2) is 12.3 Å². The van der Waals surface area contributed by atoms with E-state index < -0.39 is 18.2 Å². The summed E-state index contributed by atoms with van der Waals surface area (Å²) in [6, 6.07) is 12.2. The van der Waals surface area contributed by atoms with Gasteiger partial charge in [-0.15, -0.1) is 0 Å². The van der Waals surface area contributed by atoms with Crippen LogP contribution >= 0.6 is 0 Å². The smallest absolute Gasteiger partial charge is 0.327 e. The van der Waals surface area contributed by atoms with Crippen molar-refractivity contribution in [3.05, 3.63) is 59.8 Å². The van der Waals surface area contributed by atoms with Crippen LogP contribution in [0, 0.1) is 11.8 Å². The van der Waals surface area contributed by atoms with Crippen molar-refractivity contribution >= 4 is 16.9 Å². The maximum Gasteiger partial charge on any atom is 0.327 e. The van der Waals surface area contributed by atoms with Crippen LogP contribution in [0.4, 0.5) is 0 Å². The average Bonchev–Trinajstić information content (AvgIpc) is 3.29. The normalized spacial score (nSPS) is 18.9. The van der Waals surface area contributed by atoms with E-state index in [0.717, 1.165) is 22.0 Å². The van der Waals surface area contributed by atoms with E-state index in [9.17, 15) is 4.79 Å². The van der Waals surface area contributed by atoms with E-state index in [1.54, 1.807) is 12.1 Å². The average molecular weight is 363 g/mol. The Morgan fingerprint density at radius 2 is 2.00 bits per heavy atom. The monoisotopic (exact) mass is 363 g/mol. The first-order chi connectivity index (χ1) is 13.1. The number of nitrogens with zero attached hydrogens (tertiary/aromatic N) is 2. The minimum absolute atomic E-state index is 0.546. The summed E-state index contributed by atoms with van der Waals surface area (Å²) in [6.07, 6.45) is 1.09. The first kappa shape index (κ1) is 17.1. The molecule has 27 heavy (non-hydrogen) atoms. The molecule has 2 unspecified atom stereocenters. The zero-order chi connectivity index (χ0) is 18.8. The van der Waals surface area contributed by atoms with Crippen molar-refractivity contribution in [1.82, 2.24) is 26.2 Å². The number of hydrazine groups is 2. The van der Waals surface area contributed by atoms with Crippen molar-refractivity contribution in [3.63, 3.8) is 0 Å². The molecule has 136 valence electrons. The number of carbonyl (C=O) groups is 1. The molecule has 4 rings (SSSR count). The number of carboxylic acids is 1. The van der Waals surface area contributed by atoms with Crippen molar-refractivity contribution in [1.29, 1.82) is 0 Å². The molecule has 0 amide bonds. The highest BCUT2D eigenvalue weighted by atomic mass is 16.5. The SMILES string of the molecule is Cn1ncc2c(C#Cc3ccc(OC4NNNC4C(=O)O)cc3)cccc21. The largest absolute Gasteiger partial charge is 0.480 e. The summed E-state index contributed by atoms with van der Waals surface area (Å²) in [5.41, 5.74) is 10.6. The van der Waals surface area contributed by atoms with E-state index in [2.05, 4.69) is 33.3 Å². The number of benzene rings is 2. The molecule has 4 N–H and O–H groups in total. The van der Waals surface area contributed by atoms with Crippen LogP contribution in [0.1, 0.15) is 11.1 Å². The lowest BCUT2D eigenvalue weighted by atomic mass is 10.1. The number of nitrogens with one attached hydrogen (secondary N) is 3. The molecule has 2 heterocycles. The Balaban J connectivity index is 1.50. The predicted octanol–water partition coefficient (Wildman–Crippen LogP) is 0.744. The number of carboxylic acid groups (broad SMARTS) is 1. The van der Waals surface area contributed by atoms with Gasteiger partial charge in [-0.1, -0.05) is 17.9 Å². The van der Waals surface area contributed by atoms with Gasteiger partial charge in [0.25, 0.3) is 0 Å². The summed E-state index contributed by atoms with van der Waals surface area (Å²) >= 11 is 0. The molecule has 8 heteroatoms.